The first-order valence-electron chi connectivity index (χ1n) is 8.01. The van der Waals surface area contributed by atoms with E-state index >= 15 is 0 Å². The van der Waals surface area contributed by atoms with Crippen molar-refractivity contribution in [3.8, 4) is 0 Å². The third-order valence-electron chi connectivity index (χ3n) is 3.96. The maximum absolute atomic E-state index is 4.34. The first kappa shape index (κ1) is 17.6. The summed E-state index contributed by atoms with van der Waals surface area (Å²) in [4.78, 5) is 6.89. The van der Waals surface area contributed by atoms with E-state index in [0.29, 0.717) is 6.04 Å². The Balaban J connectivity index is 1.65. The molecule has 4 nitrogen and oxygen atoms in total. The average Bonchev–Trinajstić information content (AvgIpc) is 3.05. The zero-order valence-electron chi connectivity index (χ0n) is 13.7. The molecule has 0 amide bonds. The SMILES string of the molecule is CN=C(NCCCSC)NC1CCN(Cc2ccsc2)CC1. The van der Waals surface area contributed by atoms with Crippen LogP contribution in [0.3, 0.4) is 0 Å². The van der Waals surface area contributed by atoms with E-state index in [1.807, 2.05) is 18.8 Å². The van der Waals surface area contributed by atoms with Gasteiger partial charge in [0.2, 0.25) is 0 Å². The molecule has 0 spiro atoms. The zero-order chi connectivity index (χ0) is 15.6. The molecular formula is C16H28N4S2. The molecule has 0 saturated carbocycles. The molecule has 1 fully saturated rings. The van der Waals surface area contributed by atoms with E-state index in [9.17, 15) is 0 Å². The maximum atomic E-state index is 4.34. The van der Waals surface area contributed by atoms with Gasteiger partial charge in [0.05, 0.1) is 0 Å². The second-order valence-electron chi connectivity index (χ2n) is 5.67. The predicted octanol–water partition coefficient (Wildman–Crippen LogP) is 2.63. The summed E-state index contributed by atoms with van der Waals surface area (Å²) in [7, 11) is 1.86. The van der Waals surface area contributed by atoms with Gasteiger partial charge in [0, 0.05) is 39.3 Å². The Kier molecular flexibility index (Phi) is 8.12. The number of thiophene rings is 1. The molecule has 0 aromatic carbocycles. The van der Waals surface area contributed by atoms with E-state index in [1.165, 1.54) is 30.6 Å². The highest BCUT2D eigenvalue weighted by molar-refractivity contribution is 7.98. The molecule has 2 N–H and O–H groups in total. The van der Waals surface area contributed by atoms with Crippen molar-refractivity contribution in [1.82, 2.24) is 15.5 Å². The number of hydrogen-bond acceptors (Lipinski definition) is 4. The van der Waals surface area contributed by atoms with E-state index in [1.54, 1.807) is 11.3 Å². The van der Waals surface area contributed by atoms with Crippen molar-refractivity contribution in [3.63, 3.8) is 0 Å². The Bertz CT molecular complexity index is 425. The molecule has 0 radical (unpaired) electrons. The monoisotopic (exact) mass is 340 g/mol. The van der Waals surface area contributed by atoms with E-state index in [0.717, 1.165) is 32.1 Å². The maximum Gasteiger partial charge on any atom is 0.191 e. The van der Waals surface area contributed by atoms with Gasteiger partial charge >= 0.3 is 0 Å². The fourth-order valence-corrected chi connectivity index (χ4v) is 3.78. The highest BCUT2D eigenvalue weighted by Gasteiger charge is 2.19. The van der Waals surface area contributed by atoms with E-state index < -0.39 is 0 Å². The van der Waals surface area contributed by atoms with Crippen LogP contribution in [0.25, 0.3) is 0 Å². The minimum Gasteiger partial charge on any atom is -0.356 e. The van der Waals surface area contributed by atoms with Crippen molar-refractivity contribution in [1.29, 1.82) is 0 Å². The minimum atomic E-state index is 0.547. The first-order chi connectivity index (χ1) is 10.8. The Morgan fingerprint density at radius 2 is 2.27 bits per heavy atom. The van der Waals surface area contributed by atoms with Gasteiger partial charge < -0.3 is 10.6 Å². The molecule has 1 aromatic rings. The van der Waals surface area contributed by atoms with Crippen LogP contribution < -0.4 is 10.6 Å². The van der Waals surface area contributed by atoms with Crippen molar-refractivity contribution in [2.75, 3.05) is 38.7 Å². The summed E-state index contributed by atoms with van der Waals surface area (Å²) in [5.74, 6) is 2.16. The van der Waals surface area contributed by atoms with Crippen LogP contribution in [-0.2, 0) is 6.54 Å². The largest absolute Gasteiger partial charge is 0.356 e. The van der Waals surface area contributed by atoms with Gasteiger partial charge in [0.25, 0.3) is 0 Å². The highest BCUT2D eigenvalue weighted by atomic mass is 32.2. The number of nitrogens with zero attached hydrogens (tertiary/aromatic N) is 2. The second kappa shape index (κ2) is 10.1. The fourth-order valence-electron chi connectivity index (χ4n) is 2.69. The number of aliphatic imine (C=N–C) groups is 1. The van der Waals surface area contributed by atoms with Gasteiger partial charge in [-0.1, -0.05) is 0 Å². The summed E-state index contributed by atoms with van der Waals surface area (Å²) < 4.78 is 0. The lowest BCUT2D eigenvalue weighted by molar-refractivity contribution is 0.198. The molecule has 1 aliphatic heterocycles. The number of likely N-dealkylation sites (tertiary alicyclic amines) is 1. The number of hydrogen-bond donors (Lipinski definition) is 2. The molecule has 1 aliphatic rings. The van der Waals surface area contributed by atoms with Crippen molar-refractivity contribution < 1.29 is 0 Å². The Morgan fingerprint density at radius 1 is 1.45 bits per heavy atom. The van der Waals surface area contributed by atoms with Gasteiger partial charge in [0.1, 0.15) is 0 Å². The van der Waals surface area contributed by atoms with Crippen molar-refractivity contribution in [2.45, 2.75) is 31.8 Å². The molecule has 6 heteroatoms. The van der Waals surface area contributed by atoms with Crippen molar-refractivity contribution in [3.05, 3.63) is 22.4 Å². The Hall–Kier alpha value is -0.720. The van der Waals surface area contributed by atoms with Crippen LogP contribution >= 0.6 is 23.1 Å². The normalized spacial score (nSPS) is 17.6. The third-order valence-corrected chi connectivity index (χ3v) is 5.38. The Morgan fingerprint density at radius 3 is 2.91 bits per heavy atom. The van der Waals surface area contributed by atoms with Crippen LogP contribution in [-0.4, -0.2) is 55.6 Å². The lowest BCUT2D eigenvalue weighted by Gasteiger charge is -2.32. The van der Waals surface area contributed by atoms with Gasteiger partial charge in [-0.3, -0.25) is 9.89 Å². The standard InChI is InChI=1S/C16H28N4S2/c1-17-16(18-7-3-10-21-2)19-15-4-8-20(9-5-15)12-14-6-11-22-13-14/h6,11,13,15H,3-5,7-10,12H2,1-2H3,(H2,17,18,19). The molecule has 0 bridgehead atoms. The van der Waals surface area contributed by atoms with Gasteiger partial charge in [-0.25, -0.2) is 0 Å². The van der Waals surface area contributed by atoms with Gasteiger partial charge in [0.15, 0.2) is 5.96 Å². The van der Waals surface area contributed by atoms with Crippen LogP contribution in [0.15, 0.2) is 21.8 Å². The van der Waals surface area contributed by atoms with E-state index in [2.05, 4.69) is 43.6 Å². The molecule has 124 valence electrons. The number of guanidine groups is 1. The van der Waals surface area contributed by atoms with Gasteiger partial charge in [-0.05, 0) is 53.7 Å². The predicted molar refractivity (Wildman–Crippen MR) is 100 cm³/mol. The average molecular weight is 341 g/mol. The smallest absolute Gasteiger partial charge is 0.191 e. The molecule has 0 aliphatic carbocycles. The molecular weight excluding hydrogens is 312 g/mol. The number of thioether (sulfide) groups is 1. The van der Waals surface area contributed by atoms with Crippen LogP contribution in [0.2, 0.25) is 0 Å². The highest BCUT2D eigenvalue weighted by Crippen LogP contribution is 2.15. The number of nitrogens with one attached hydrogen (secondary N) is 2. The summed E-state index contributed by atoms with van der Waals surface area (Å²) in [5, 5.41) is 11.4. The third kappa shape index (κ3) is 6.18. The minimum absolute atomic E-state index is 0.547. The zero-order valence-corrected chi connectivity index (χ0v) is 15.3. The Labute approximate surface area is 142 Å². The second-order valence-corrected chi connectivity index (χ2v) is 7.44. The summed E-state index contributed by atoms with van der Waals surface area (Å²) in [6, 6.07) is 2.78. The molecule has 0 unspecified atom stereocenters. The van der Waals surface area contributed by atoms with Crippen molar-refractivity contribution >= 4 is 29.1 Å². The molecule has 2 rings (SSSR count). The van der Waals surface area contributed by atoms with Crippen LogP contribution in [0, 0.1) is 0 Å². The molecule has 1 saturated heterocycles. The lowest BCUT2D eigenvalue weighted by Crippen LogP contribution is -2.48. The number of piperidine rings is 1. The van der Waals surface area contributed by atoms with Crippen molar-refractivity contribution in [2.24, 2.45) is 4.99 Å². The van der Waals surface area contributed by atoms with Crippen LogP contribution in [0.5, 0.6) is 0 Å². The first-order valence-corrected chi connectivity index (χ1v) is 10.3. The van der Waals surface area contributed by atoms with Crippen LogP contribution in [0.4, 0.5) is 0 Å². The molecule has 1 aromatic heterocycles. The van der Waals surface area contributed by atoms with Gasteiger partial charge in [-0.15, -0.1) is 0 Å². The van der Waals surface area contributed by atoms with E-state index in [4.69, 9.17) is 0 Å². The van der Waals surface area contributed by atoms with Gasteiger partial charge in [-0.2, -0.15) is 23.1 Å². The molecule has 2 heterocycles. The van der Waals surface area contributed by atoms with Crippen LogP contribution in [0.1, 0.15) is 24.8 Å². The topological polar surface area (TPSA) is 39.7 Å². The summed E-state index contributed by atoms with van der Waals surface area (Å²) in [6.07, 6.45) is 5.71. The summed E-state index contributed by atoms with van der Waals surface area (Å²) in [6.45, 7) is 4.42. The quantitative estimate of drug-likeness (QED) is 0.455. The molecule has 0 atom stereocenters. The number of rotatable bonds is 7. The summed E-state index contributed by atoms with van der Waals surface area (Å²) in [5.41, 5.74) is 1.45. The summed E-state index contributed by atoms with van der Waals surface area (Å²) >= 11 is 3.68. The fraction of sp³-hybridized carbons (Fsp3) is 0.688. The van der Waals surface area contributed by atoms with E-state index in [-0.39, 0.29) is 0 Å². The molecule has 22 heavy (non-hydrogen) atoms. The lowest BCUT2D eigenvalue weighted by atomic mass is 10.0.